The van der Waals surface area contributed by atoms with Gasteiger partial charge < -0.3 is 14.8 Å². The van der Waals surface area contributed by atoms with E-state index in [0.29, 0.717) is 25.0 Å². The topological polar surface area (TPSA) is 33.7 Å². The van der Waals surface area contributed by atoms with Crippen LogP contribution < -0.4 is 10.1 Å². The van der Waals surface area contributed by atoms with Crippen molar-refractivity contribution in [2.24, 2.45) is 0 Å². The molecule has 1 aromatic carbocycles. The van der Waals surface area contributed by atoms with Gasteiger partial charge in [-0.05, 0) is 23.0 Å². The van der Waals surface area contributed by atoms with Crippen LogP contribution in [0.5, 0.6) is 5.75 Å². The third kappa shape index (κ3) is 5.76. The Bertz CT molecular complexity index is 456. The molecule has 0 amide bonds. The van der Waals surface area contributed by atoms with Crippen molar-refractivity contribution in [2.45, 2.75) is 39.5 Å². The number of hydrogen-bond donors (Lipinski definition) is 1. The molecule has 0 aromatic heterocycles. The molecule has 0 aliphatic carbocycles. The Morgan fingerprint density at radius 1 is 0.958 bits per heavy atom. The Kier molecular flexibility index (Phi) is 8.03. The Morgan fingerprint density at radius 3 is 2.17 bits per heavy atom. The summed E-state index contributed by atoms with van der Waals surface area (Å²) in [5.74, 6) is 1.99. The molecular weight excluding hydrogens is 300 g/mol. The van der Waals surface area contributed by atoms with Crippen LogP contribution in [-0.4, -0.2) is 57.4 Å². The van der Waals surface area contributed by atoms with Crippen LogP contribution in [0, 0.1) is 0 Å². The number of nitrogens with zero attached hydrogens (tertiary/aromatic N) is 1. The van der Waals surface area contributed by atoms with Crippen molar-refractivity contribution < 1.29 is 9.47 Å². The van der Waals surface area contributed by atoms with Crippen LogP contribution in [0.1, 0.15) is 50.7 Å². The maximum atomic E-state index is 6.13. The maximum absolute atomic E-state index is 6.13. The molecule has 136 valence electrons. The molecule has 4 heteroatoms. The molecule has 24 heavy (non-hydrogen) atoms. The summed E-state index contributed by atoms with van der Waals surface area (Å²) in [5, 5.41) is 3.37. The Labute approximate surface area is 147 Å². The van der Waals surface area contributed by atoms with Crippen LogP contribution in [0.15, 0.2) is 18.2 Å². The minimum Gasteiger partial charge on any atom is -0.491 e. The zero-order chi connectivity index (χ0) is 17.4. The van der Waals surface area contributed by atoms with Gasteiger partial charge in [0.2, 0.25) is 0 Å². The first-order valence-corrected chi connectivity index (χ1v) is 9.36. The van der Waals surface area contributed by atoms with E-state index >= 15 is 0 Å². The van der Waals surface area contributed by atoms with Gasteiger partial charge in [0, 0.05) is 32.7 Å². The quantitative estimate of drug-likeness (QED) is 0.703. The molecule has 0 atom stereocenters. The average molecular weight is 335 g/mol. The molecule has 1 N–H and O–H groups in total. The second-order valence-electron chi connectivity index (χ2n) is 7.13. The molecule has 0 spiro atoms. The van der Waals surface area contributed by atoms with Crippen LogP contribution in [-0.2, 0) is 4.74 Å². The van der Waals surface area contributed by atoms with Crippen LogP contribution in [0.2, 0.25) is 0 Å². The molecule has 1 saturated heterocycles. The molecule has 4 nitrogen and oxygen atoms in total. The lowest BCUT2D eigenvalue weighted by atomic mass is 9.94. The molecule has 0 saturated carbocycles. The van der Waals surface area contributed by atoms with E-state index in [1.165, 1.54) is 11.1 Å². The number of ether oxygens (including phenoxy) is 2. The van der Waals surface area contributed by atoms with Gasteiger partial charge in [0.15, 0.2) is 0 Å². The van der Waals surface area contributed by atoms with Gasteiger partial charge >= 0.3 is 0 Å². The summed E-state index contributed by atoms with van der Waals surface area (Å²) < 4.78 is 11.9. The van der Waals surface area contributed by atoms with Gasteiger partial charge in [0.25, 0.3) is 0 Å². The number of para-hydroxylation sites is 1. The molecule has 1 aliphatic heterocycles. The molecule has 2 rings (SSSR count). The smallest absolute Gasteiger partial charge is 0.126 e. The van der Waals surface area contributed by atoms with Crippen LogP contribution in [0.25, 0.3) is 0 Å². The zero-order valence-corrected chi connectivity index (χ0v) is 15.8. The van der Waals surface area contributed by atoms with E-state index < -0.39 is 0 Å². The maximum Gasteiger partial charge on any atom is 0.126 e. The van der Waals surface area contributed by atoms with Gasteiger partial charge in [0.05, 0.1) is 13.2 Å². The highest BCUT2D eigenvalue weighted by atomic mass is 16.5. The first-order valence-electron chi connectivity index (χ1n) is 9.36. The first kappa shape index (κ1) is 19.2. The van der Waals surface area contributed by atoms with Gasteiger partial charge in [0.1, 0.15) is 12.4 Å². The van der Waals surface area contributed by atoms with E-state index in [2.05, 4.69) is 56.1 Å². The SMILES string of the molecule is CC(C)c1cccc(C(C)C)c1OCCOCCN1CCNCC1. The monoisotopic (exact) mass is 334 g/mol. The third-order valence-corrected chi connectivity index (χ3v) is 4.56. The van der Waals surface area contributed by atoms with E-state index in [-0.39, 0.29) is 0 Å². The summed E-state index contributed by atoms with van der Waals surface area (Å²) >= 11 is 0. The highest BCUT2D eigenvalue weighted by Crippen LogP contribution is 2.34. The van der Waals surface area contributed by atoms with Crippen LogP contribution >= 0.6 is 0 Å². The van der Waals surface area contributed by atoms with E-state index in [1.807, 2.05) is 0 Å². The fourth-order valence-corrected chi connectivity index (χ4v) is 3.08. The molecule has 1 aliphatic rings. The highest BCUT2D eigenvalue weighted by molar-refractivity contribution is 5.44. The fraction of sp³-hybridized carbons (Fsp3) is 0.700. The number of rotatable bonds is 9. The van der Waals surface area contributed by atoms with Gasteiger partial charge in [-0.25, -0.2) is 0 Å². The van der Waals surface area contributed by atoms with Crippen LogP contribution in [0.3, 0.4) is 0 Å². The average Bonchev–Trinajstić information content (AvgIpc) is 2.58. The summed E-state index contributed by atoms with van der Waals surface area (Å²) in [6, 6.07) is 6.50. The van der Waals surface area contributed by atoms with Crippen molar-refractivity contribution in [3.8, 4) is 5.75 Å². The number of piperazine rings is 1. The predicted molar refractivity (Wildman–Crippen MR) is 100 cm³/mol. The molecule has 1 aromatic rings. The van der Waals surface area contributed by atoms with Gasteiger partial charge in [-0.1, -0.05) is 45.9 Å². The number of benzene rings is 1. The van der Waals surface area contributed by atoms with Gasteiger partial charge in [-0.2, -0.15) is 0 Å². The molecule has 0 unspecified atom stereocenters. The Morgan fingerprint density at radius 2 is 1.58 bits per heavy atom. The zero-order valence-electron chi connectivity index (χ0n) is 15.8. The van der Waals surface area contributed by atoms with Crippen molar-refractivity contribution in [1.82, 2.24) is 10.2 Å². The number of hydrogen-bond acceptors (Lipinski definition) is 4. The summed E-state index contributed by atoms with van der Waals surface area (Å²) in [5.41, 5.74) is 2.59. The van der Waals surface area contributed by atoms with Gasteiger partial charge in [-0.15, -0.1) is 0 Å². The lowest BCUT2D eigenvalue weighted by Crippen LogP contribution is -2.44. The summed E-state index contributed by atoms with van der Waals surface area (Å²) in [6.45, 7) is 16.4. The van der Waals surface area contributed by atoms with Crippen molar-refractivity contribution >= 4 is 0 Å². The van der Waals surface area contributed by atoms with Crippen molar-refractivity contribution in [2.75, 3.05) is 52.5 Å². The molecule has 1 fully saturated rings. The second-order valence-corrected chi connectivity index (χ2v) is 7.13. The van der Waals surface area contributed by atoms with Crippen LogP contribution in [0.4, 0.5) is 0 Å². The highest BCUT2D eigenvalue weighted by Gasteiger charge is 2.15. The normalized spacial score (nSPS) is 16.1. The second kappa shape index (κ2) is 10.0. The molecule has 0 bridgehead atoms. The Hall–Kier alpha value is -1.10. The number of nitrogens with one attached hydrogen (secondary N) is 1. The summed E-state index contributed by atoms with van der Waals surface area (Å²) in [7, 11) is 0. The minimum atomic E-state index is 0.465. The standard InChI is InChI=1S/C20H34N2O2/c1-16(2)18-6-5-7-19(17(3)4)20(18)24-15-14-23-13-12-22-10-8-21-9-11-22/h5-7,16-17,21H,8-15H2,1-4H3. The lowest BCUT2D eigenvalue weighted by Gasteiger charge is -2.26. The predicted octanol–water partition coefficient (Wildman–Crippen LogP) is 3.23. The third-order valence-electron chi connectivity index (χ3n) is 4.56. The van der Waals surface area contributed by atoms with E-state index in [4.69, 9.17) is 9.47 Å². The summed E-state index contributed by atoms with van der Waals surface area (Å²) in [4.78, 5) is 2.45. The van der Waals surface area contributed by atoms with Gasteiger partial charge in [-0.3, -0.25) is 4.90 Å². The van der Waals surface area contributed by atoms with E-state index in [1.54, 1.807) is 0 Å². The largest absolute Gasteiger partial charge is 0.491 e. The van der Waals surface area contributed by atoms with E-state index in [9.17, 15) is 0 Å². The molecular formula is C20H34N2O2. The van der Waals surface area contributed by atoms with Crippen molar-refractivity contribution in [1.29, 1.82) is 0 Å². The van der Waals surface area contributed by atoms with E-state index in [0.717, 1.165) is 45.1 Å². The molecule has 1 heterocycles. The van der Waals surface area contributed by atoms with Crippen molar-refractivity contribution in [3.05, 3.63) is 29.3 Å². The Balaban J connectivity index is 1.76. The minimum absolute atomic E-state index is 0.465. The molecule has 0 radical (unpaired) electrons. The van der Waals surface area contributed by atoms with Crippen molar-refractivity contribution in [3.63, 3.8) is 0 Å². The first-order chi connectivity index (χ1) is 11.6. The lowest BCUT2D eigenvalue weighted by molar-refractivity contribution is 0.0762. The summed E-state index contributed by atoms with van der Waals surface area (Å²) in [6.07, 6.45) is 0. The fourth-order valence-electron chi connectivity index (χ4n) is 3.08.